The molecular weight excluding hydrogens is 191 g/mol. The fraction of sp³-hybridized carbons (Fsp3) is 0.250. The summed E-state index contributed by atoms with van der Waals surface area (Å²) in [5.41, 5.74) is 1.25. The molecule has 0 heterocycles. The van der Waals surface area contributed by atoms with Crippen molar-refractivity contribution >= 4 is 6.21 Å². The molecule has 0 bridgehead atoms. The Hall–Kier alpha value is -1.64. The van der Waals surface area contributed by atoms with Gasteiger partial charge in [-0.1, -0.05) is 25.7 Å². The van der Waals surface area contributed by atoms with E-state index in [9.17, 15) is 4.39 Å². The van der Waals surface area contributed by atoms with Gasteiger partial charge in [0.05, 0.1) is 0 Å². The molecule has 0 saturated heterocycles. The molecular formula is C12H17FN2. The van der Waals surface area contributed by atoms with Crippen molar-refractivity contribution in [1.29, 1.82) is 5.41 Å². The van der Waals surface area contributed by atoms with Crippen LogP contribution in [0.2, 0.25) is 0 Å². The monoisotopic (exact) mass is 208 g/mol. The van der Waals surface area contributed by atoms with E-state index in [1.807, 2.05) is 13.0 Å². The Kier molecular flexibility index (Phi) is 6.89. The Morgan fingerprint density at radius 3 is 2.53 bits per heavy atom. The average Bonchev–Trinajstić information content (AvgIpc) is 2.20. The van der Waals surface area contributed by atoms with Gasteiger partial charge >= 0.3 is 0 Å². The Balaban J connectivity index is 5.08. The van der Waals surface area contributed by atoms with Gasteiger partial charge in [0.2, 0.25) is 0 Å². The van der Waals surface area contributed by atoms with Crippen molar-refractivity contribution in [3.05, 3.63) is 48.0 Å². The van der Waals surface area contributed by atoms with Gasteiger partial charge < -0.3 is 10.7 Å². The maximum absolute atomic E-state index is 12.7. The predicted octanol–water partition coefficient (Wildman–Crippen LogP) is 3.12. The standard InChI is InChI=1S/C12H17FN2/c1-4-5-6-11(7-10(2)13)12(8-14)9-15-3/h5-9,14-15H,2,4H2,1,3H3/b6-5-,11-7+,12-9+,14-8?. The predicted molar refractivity (Wildman–Crippen MR) is 63.7 cm³/mol. The summed E-state index contributed by atoms with van der Waals surface area (Å²) >= 11 is 0. The highest BCUT2D eigenvalue weighted by Gasteiger charge is 1.99. The first-order chi connectivity index (χ1) is 7.15. The van der Waals surface area contributed by atoms with Gasteiger partial charge in [-0.3, -0.25) is 0 Å². The largest absolute Gasteiger partial charge is 0.393 e. The van der Waals surface area contributed by atoms with Gasteiger partial charge in [0.1, 0.15) is 5.83 Å². The summed E-state index contributed by atoms with van der Waals surface area (Å²) in [6, 6.07) is 0. The van der Waals surface area contributed by atoms with Gasteiger partial charge in [-0.15, -0.1) is 0 Å². The van der Waals surface area contributed by atoms with Crippen LogP contribution in [0.3, 0.4) is 0 Å². The molecule has 0 aliphatic rings. The maximum atomic E-state index is 12.7. The smallest absolute Gasteiger partial charge is 0.116 e. The Bertz CT molecular complexity index is 312. The van der Waals surface area contributed by atoms with Crippen LogP contribution in [-0.2, 0) is 0 Å². The number of nitrogens with one attached hydrogen (secondary N) is 2. The van der Waals surface area contributed by atoms with Crippen LogP contribution in [0, 0.1) is 5.41 Å². The van der Waals surface area contributed by atoms with Crippen LogP contribution in [0.4, 0.5) is 4.39 Å². The van der Waals surface area contributed by atoms with Crippen molar-refractivity contribution in [2.24, 2.45) is 0 Å². The number of hydrogen-bond donors (Lipinski definition) is 2. The second kappa shape index (κ2) is 7.74. The van der Waals surface area contributed by atoms with Crippen molar-refractivity contribution in [2.75, 3.05) is 7.05 Å². The van der Waals surface area contributed by atoms with E-state index in [1.165, 1.54) is 12.3 Å². The molecule has 0 spiro atoms. The van der Waals surface area contributed by atoms with Crippen molar-refractivity contribution in [3.8, 4) is 0 Å². The van der Waals surface area contributed by atoms with E-state index in [4.69, 9.17) is 5.41 Å². The Labute approximate surface area is 90.4 Å². The number of allylic oxidation sites excluding steroid dienone is 6. The van der Waals surface area contributed by atoms with Crippen LogP contribution >= 0.6 is 0 Å². The van der Waals surface area contributed by atoms with Crippen LogP contribution in [-0.4, -0.2) is 13.3 Å². The maximum Gasteiger partial charge on any atom is 0.116 e. The van der Waals surface area contributed by atoms with Crippen LogP contribution < -0.4 is 5.32 Å². The Morgan fingerprint density at radius 2 is 2.13 bits per heavy atom. The van der Waals surface area contributed by atoms with Gasteiger partial charge in [0, 0.05) is 25.0 Å². The summed E-state index contributed by atoms with van der Waals surface area (Å²) in [5, 5.41) is 10.0. The summed E-state index contributed by atoms with van der Waals surface area (Å²) in [6.07, 6.45) is 8.66. The van der Waals surface area contributed by atoms with Gasteiger partial charge in [0.15, 0.2) is 0 Å². The molecule has 0 saturated carbocycles. The molecule has 82 valence electrons. The van der Waals surface area contributed by atoms with E-state index in [1.54, 1.807) is 19.3 Å². The zero-order chi connectivity index (χ0) is 11.7. The second-order valence-electron chi connectivity index (χ2n) is 2.89. The molecule has 0 aromatic carbocycles. The molecule has 0 aromatic heterocycles. The minimum absolute atomic E-state index is 0.519. The normalized spacial score (nSPS) is 13.0. The lowest BCUT2D eigenvalue weighted by molar-refractivity contribution is 0.670. The van der Waals surface area contributed by atoms with Gasteiger partial charge in [-0.05, 0) is 18.1 Å². The fourth-order valence-corrected chi connectivity index (χ4v) is 1.01. The molecule has 2 N–H and O–H groups in total. The third-order valence-electron chi connectivity index (χ3n) is 1.63. The molecule has 0 atom stereocenters. The SMILES string of the molecule is C=C(F)/C=C(\C=C/CC)C(/C=N)=C/NC. The van der Waals surface area contributed by atoms with E-state index in [0.717, 1.165) is 6.42 Å². The van der Waals surface area contributed by atoms with Gasteiger partial charge in [-0.2, -0.15) is 0 Å². The van der Waals surface area contributed by atoms with Crippen molar-refractivity contribution in [1.82, 2.24) is 5.32 Å². The molecule has 0 amide bonds. The minimum atomic E-state index is -0.519. The fourth-order valence-electron chi connectivity index (χ4n) is 1.01. The van der Waals surface area contributed by atoms with Crippen LogP contribution in [0.15, 0.2) is 48.0 Å². The molecule has 3 heteroatoms. The number of halogens is 1. The third kappa shape index (κ3) is 5.62. The minimum Gasteiger partial charge on any atom is -0.393 e. The first-order valence-electron chi connectivity index (χ1n) is 4.76. The van der Waals surface area contributed by atoms with Crippen LogP contribution in [0.1, 0.15) is 13.3 Å². The highest BCUT2D eigenvalue weighted by Crippen LogP contribution is 2.12. The molecule has 0 rings (SSSR count). The summed E-state index contributed by atoms with van der Waals surface area (Å²) < 4.78 is 12.7. The van der Waals surface area contributed by atoms with Crippen LogP contribution in [0.5, 0.6) is 0 Å². The first kappa shape index (κ1) is 13.4. The lowest BCUT2D eigenvalue weighted by Gasteiger charge is -2.02. The summed E-state index contributed by atoms with van der Waals surface area (Å²) in [7, 11) is 1.73. The average molecular weight is 208 g/mol. The lowest BCUT2D eigenvalue weighted by atomic mass is 10.1. The first-order valence-corrected chi connectivity index (χ1v) is 4.76. The molecule has 15 heavy (non-hydrogen) atoms. The molecule has 0 aliphatic carbocycles. The summed E-state index contributed by atoms with van der Waals surface area (Å²) in [6.45, 7) is 5.17. The molecule has 0 unspecified atom stereocenters. The van der Waals surface area contributed by atoms with Crippen molar-refractivity contribution in [2.45, 2.75) is 13.3 Å². The number of rotatable bonds is 6. The summed E-state index contributed by atoms with van der Waals surface area (Å²) in [5.74, 6) is -0.519. The van der Waals surface area contributed by atoms with Gasteiger partial charge in [0.25, 0.3) is 0 Å². The van der Waals surface area contributed by atoms with E-state index < -0.39 is 5.83 Å². The van der Waals surface area contributed by atoms with E-state index in [2.05, 4.69) is 11.9 Å². The molecule has 2 nitrogen and oxygen atoms in total. The molecule has 0 aromatic rings. The van der Waals surface area contributed by atoms with E-state index in [-0.39, 0.29) is 0 Å². The topological polar surface area (TPSA) is 35.9 Å². The van der Waals surface area contributed by atoms with Crippen LogP contribution in [0.25, 0.3) is 0 Å². The lowest BCUT2D eigenvalue weighted by Crippen LogP contribution is -1.99. The van der Waals surface area contributed by atoms with E-state index >= 15 is 0 Å². The quantitative estimate of drug-likeness (QED) is 0.510. The third-order valence-corrected chi connectivity index (χ3v) is 1.63. The molecule has 0 aliphatic heterocycles. The highest BCUT2D eigenvalue weighted by molar-refractivity contribution is 5.83. The van der Waals surface area contributed by atoms with E-state index in [0.29, 0.717) is 11.1 Å². The zero-order valence-corrected chi connectivity index (χ0v) is 9.18. The zero-order valence-electron chi connectivity index (χ0n) is 9.18. The Morgan fingerprint density at radius 1 is 1.47 bits per heavy atom. The summed E-state index contributed by atoms with van der Waals surface area (Å²) in [4.78, 5) is 0. The second-order valence-corrected chi connectivity index (χ2v) is 2.89. The number of hydrogen-bond acceptors (Lipinski definition) is 2. The molecule has 0 radical (unpaired) electrons. The van der Waals surface area contributed by atoms with Crippen molar-refractivity contribution in [3.63, 3.8) is 0 Å². The highest BCUT2D eigenvalue weighted by atomic mass is 19.1. The van der Waals surface area contributed by atoms with Crippen molar-refractivity contribution < 1.29 is 4.39 Å². The molecule has 0 fully saturated rings. The van der Waals surface area contributed by atoms with Gasteiger partial charge in [-0.25, -0.2) is 4.39 Å².